The van der Waals surface area contributed by atoms with Crippen LogP contribution in [0.25, 0.3) is 0 Å². The second-order valence-electron chi connectivity index (χ2n) is 9.12. The van der Waals surface area contributed by atoms with E-state index in [1.807, 2.05) is 38.1 Å². The number of carbonyl (C=O) groups excluding carboxylic acids is 1. The molecule has 2 aromatic carbocycles. The molecule has 2 rings (SSSR count). The summed E-state index contributed by atoms with van der Waals surface area (Å²) < 4.78 is 38.0. The summed E-state index contributed by atoms with van der Waals surface area (Å²) in [5.41, 5.74) is 8.28. The molecule has 0 spiro atoms. The fourth-order valence-electron chi connectivity index (χ4n) is 4.01. The molecule has 0 amide bonds. The molecule has 11 heteroatoms. The molecule has 0 aromatic heterocycles. The summed E-state index contributed by atoms with van der Waals surface area (Å²) in [4.78, 5) is 12.8. The standard InChI is InChI=1S/C27H39Cl2N3O5S/c1-4-10-32(11-5-2)38(34,35)12-9-27(33)37-26(19-31-18-20-7-6-8-24(15-20)36-3)25(30)16-21-13-22(28)17-23(29)14-21/h6-8,13-15,17,25-26,31H,4-5,9-12,16,18-19,30H2,1-3H3/t25-,26+/m0/s1. The molecule has 0 aliphatic heterocycles. The average molecular weight is 589 g/mol. The van der Waals surface area contributed by atoms with Crippen LogP contribution < -0.4 is 15.8 Å². The number of benzene rings is 2. The lowest BCUT2D eigenvalue weighted by molar-refractivity contribution is -0.149. The van der Waals surface area contributed by atoms with Crippen LogP contribution in [0.5, 0.6) is 5.75 Å². The van der Waals surface area contributed by atoms with E-state index in [1.165, 1.54) is 4.31 Å². The normalized spacial score (nSPS) is 13.3. The smallest absolute Gasteiger partial charge is 0.307 e. The monoisotopic (exact) mass is 587 g/mol. The van der Waals surface area contributed by atoms with Crippen LogP contribution in [0.3, 0.4) is 0 Å². The van der Waals surface area contributed by atoms with E-state index in [0.717, 1.165) is 16.9 Å². The van der Waals surface area contributed by atoms with E-state index in [-0.39, 0.29) is 18.7 Å². The van der Waals surface area contributed by atoms with E-state index in [1.54, 1.807) is 25.3 Å². The van der Waals surface area contributed by atoms with Crippen LogP contribution in [-0.2, 0) is 32.5 Å². The summed E-state index contributed by atoms with van der Waals surface area (Å²) in [5.74, 6) is -0.188. The Hall–Kier alpha value is -1.88. The van der Waals surface area contributed by atoms with Crippen molar-refractivity contribution >= 4 is 39.2 Å². The number of sulfonamides is 1. The third kappa shape index (κ3) is 11.1. The minimum absolute atomic E-state index is 0.256. The Bertz CT molecular complexity index is 1110. The number of carbonyl (C=O) groups is 1. The molecule has 0 aliphatic carbocycles. The van der Waals surface area contributed by atoms with Gasteiger partial charge in [-0.1, -0.05) is 49.2 Å². The maximum Gasteiger partial charge on any atom is 0.307 e. The summed E-state index contributed by atoms with van der Waals surface area (Å²) >= 11 is 12.3. The van der Waals surface area contributed by atoms with Gasteiger partial charge in [-0.2, -0.15) is 0 Å². The highest BCUT2D eigenvalue weighted by molar-refractivity contribution is 7.89. The number of rotatable bonds is 17. The third-order valence-corrected chi connectivity index (χ3v) is 8.17. The zero-order valence-electron chi connectivity index (χ0n) is 22.3. The molecule has 0 unspecified atom stereocenters. The van der Waals surface area contributed by atoms with Crippen molar-refractivity contribution in [1.29, 1.82) is 0 Å². The number of nitrogens with zero attached hydrogens (tertiary/aromatic N) is 1. The van der Waals surface area contributed by atoms with Gasteiger partial charge < -0.3 is 20.5 Å². The van der Waals surface area contributed by atoms with E-state index in [4.69, 9.17) is 38.4 Å². The van der Waals surface area contributed by atoms with Gasteiger partial charge in [0, 0.05) is 42.3 Å². The topological polar surface area (TPSA) is 111 Å². The Kier molecular flexibility index (Phi) is 13.8. The van der Waals surface area contributed by atoms with Gasteiger partial charge in [-0.3, -0.25) is 4.79 Å². The van der Waals surface area contributed by atoms with Crippen LogP contribution in [0.2, 0.25) is 10.0 Å². The number of ether oxygens (including phenoxy) is 2. The highest BCUT2D eigenvalue weighted by Crippen LogP contribution is 2.21. The van der Waals surface area contributed by atoms with Crippen molar-refractivity contribution in [3.8, 4) is 5.75 Å². The van der Waals surface area contributed by atoms with E-state index >= 15 is 0 Å². The van der Waals surface area contributed by atoms with Crippen molar-refractivity contribution in [1.82, 2.24) is 9.62 Å². The summed E-state index contributed by atoms with van der Waals surface area (Å²) in [5, 5.41) is 4.25. The van der Waals surface area contributed by atoms with Crippen molar-refractivity contribution in [3.05, 3.63) is 63.6 Å². The highest BCUT2D eigenvalue weighted by atomic mass is 35.5. The van der Waals surface area contributed by atoms with Crippen LogP contribution in [0.4, 0.5) is 0 Å². The lowest BCUT2D eigenvalue weighted by Gasteiger charge is -2.25. The molecule has 0 fully saturated rings. The summed E-state index contributed by atoms with van der Waals surface area (Å²) in [6, 6.07) is 12.2. The number of hydrogen-bond acceptors (Lipinski definition) is 7. The molecule has 2 atom stereocenters. The minimum Gasteiger partial charge on any atom is -0.497 e. The molecule has 0 aliphatic rings. The van der Waals surface area contributed by atoms with Crippen LogP contribution in [-0.4, -0.2) is 63.3 Å². The van der Waals surface area contributed by atoms with Crippen LogP contribution in [0.15, 0.2) is 42.5 Å². The zero-order valence-corrected chi connectivity index (χ0v) is 24.6. The van der Waals surface area contributed by atoms with Gasteiger partial charge in [-0.25, -0.2) is 12.7 Å². The minimum atomic E-state index is -3.57. The largest absolute Gasteiger partial charge is 0.497 e. The van der Waals surface area contributed by atoms with Gasteiger partial charge in [-0.05, 0) is 60.7 Å². The summed E-state index contributed by atoms with van der Waals surface area (Å²) in [6.45, 7) is 5.46. The van der Waals surface area contributed by atoms with Gasteiger partial charge in [-0.15, -0.1) is 0 Å². The lowest BCUT2D eigenvalue weighted by atomic mass is 10.0. The van der Waals surface area contributed by atoms with Crippen molar-refractivity contribution in [3.63, 3.8) is 0 Å². The predicted molar refractivity (Wildman–Crippen MR) is 153 cm³/mol. The summed E-state index contributed by atoms with van der Waals surface area (Å²) in [6.07, 6.45) is 0.795. The maximum atomic E-state index is 12.8. The van der Waals surface area contributed by atoms with Gasteiger partial charge in [0.25, 0.3) is 0 Å². The van der Waals surface area contributed by atoms with Crippen LogP contribution in [0, 0.1) is 0 Å². The maximum absolute atomic E-state index is 12.8. The number of hydrogen-bond donors (Lipinski definition) is 2. The van der Waals surface area contributed by atoms with Crippen LogP contribution in [0.1, 0.15) is 44.2 Å². The second-order valence-corrected chi connectivity index (χ2v) is 12.1. The molecule has 2 aromatic rings. The molecular weight excluding hydrogens is 549 g/mol. The molecule has 212 valence electrons. The van der Waals surface area contributed by atoms with Crippen molar-refractivity contribution in [2.75, 3.05) is 32.5 Å². The molecule has 0 bridgehead atoms. The predicted octanol–water partition coefficient (Wildman–Crippen LogP) is 4.42. The van der Waals surface area contributed by atoms with Gasteiger partial charge in [0.15, 0.2) is 0 Å². The SMILES string of the molecule is CCCN(CCC)S(=O)(=O)CCC(=O)O[C@H](CNCc1cccc(OC)c1)[C@@H](N)Cc1cc(Cl)cc(Cl)c1. The molecule has 38 heavy (non-hydrogen) atoms. The molecule has 3 N–H and O–H groups in total. The van der Waals surface area contributed by atoms with Gasteiger partial charge in [0.1, 0.15) is 11.9 Å². The Morgan fingerprint density at radius 2 is 1.71 bits per heavy atom. The molecule has 0 saturated heterocycles. The van der Waals surface area contributed by atoms with Gasteiger partial charge in [0.05, 0.1) is 19.3 Å². The molecular formula is C27H39Cl2N3O5S. The molecule has 0 saturated carbocycles. The summed E-state index contributed by atoms with van der Waals surface area (Å²) in [7, 11) is -1.97. The Morgan fingerprint density at radius 3 is 2.32 bits per heavy atom. The van der Waals surface area contributed by atoms with E-state index < -0.39 is 28.1 Å². The highest BCUT2D eigenvalue weighted by Gasteiger charge is 2.26. The van der Waals surface area contributed by atoms with Crippen molar-refractivity contribution < 1.29 is 22.7 Å². The van der Waals surface area contributed by atoms with Crippen molar-refractivity contribution in [2.45, 2.75) is 58.2 Å². The average Bonchev–Trinajstić information content (AvgIpc) is 2.86. The second kappa shape index (κ2) is 16.3. The Labute approximate surface area is 236 Å². The molecule has 8 nitrogen and oxygen atoms in total. The first kappa shape index (κ1) is 32.3. The van der Waals surface area contributed by atoms with Gasteiger partial charge in [0.2, 0.25) is 10.0 Å². The fraction of sp³-hybridized carbons (Fsp3) is 0.519. The van der Waals surface area contributed by atoms with E-state index in [2.05, 4.69) is 5.32 Å². The van der Waals surface area contributed by atoms with Crippen LogP contribution >= 0.6 is 23.2 Å². The number of nitrogens with two attached hydrogens (primary N) is 1. The molecule has 0 radical (unpaired) electrons. The Balaban J connectivity index is 2.08. The van der Waals surface area contributed by atoms with Crippen molar-refractivity contribution in [2.24, 2.45) is 5.73 Å². The number of halogens is 2. The van der Waals surface area contributed by atoms with E-state index in [9.17, 15) is 13.2 Å². The number of esters is 1. The first-order valence-electron chi connectivity index (χ1n) is 12.8. The lowest BCUT2D eigenvalue weighted by Crippen LogP contribution is -2.46. The first-order valence-corrected chi connectivity index (χ1v) is 15.2. The molecule has 0 heterocycles. The first-order chi connectivity index (χ1) is 18.1. The van der Waals surface area contributed by atoms with E-state index in [0.29, 0.717) is 48.9 Å². The zero-order chi connectivity index (χ0) is 28.1. The number of nitrogens with one attached hydrogen (secondary N) is 1. The fourth-order valence-corrected chi connectivity index (χ4v) is 6.19. The number of methoxy groups -OCH3 is 1. The quantitative estimate of drug-likeness (QED) is 0.263. The third-order valence-electron chi connectivity index (χ3n) is 5.87. The Morgan fingerprint density at radius 1 is 1.05 bits per heavy atom. The van der Waals surface area contributed by atoms with Gasteiger partial charge >= 0.3 is 5.97 Å².